The maximum atomic E-state index is 10.6. The van der Waals surface area contributed by atoms with Crippen LogP contribution in [0.25, 0.3) is 0 Å². The predicted octanol–water partition coefficient (Wildman–Crippen LogP) is 2.13. The highest BCUT2D eigenvalue weighted by molar-refractivity contribution is 7.52. The van der Waals surface area contributed by atoms with Gasteiger partial charge in [0.15, 0.2) is 0 Å². The summed E-state index contributed by atoms with van der Waals surface area (Å²) in [4.78, 5) is 17.4. The molecule has 4 heteroatoms. The second-order valence-electron chi connectivity index (χ2n) is 2.93. The van der Waals surface area contributed by atoms with E-state index >= 15 is 0 Å². The van der Waals surface area contributed by atoms with E-state index in [1.165, 1.54) is 0 Å². The molecule has 0 aromatic carbocycles. The van der Waals surface area contributed by atoms with E-state index in [1.807, 2.05) is 0 Å². The van der Waals surface area contributed by atoms with Crippen LogP contribution in [0, 0.1) is 0 Å². The van der Waals surface area contributed by atoms with Crippen molar-refractivity contribution in [1.29, 1.82) is 0 Å². The number of unbranched alkanes of at least 4 members (excludes halogenated alkanes) is 2. The van der Waals surface area contributed by atoms with Crippen molar-refractivity contribution >= 4 is 7.60 Å². The zero-order valence-corrected chi connectivity index (χ0v) is 8.05. The van der Waals surface area contributed by atoms with Crippen LogP contribution in [-0.4, -0.2) is 15.4 Å². The topological polar surface area (TPSA) is 57.5 Å². The van der Waals surface area contributed by atoms with Crippen molar-refractivity contribution in [3.8, 4) is 0 Å². The molecule has 1 atom stereocenters. The zero-order chi connectivity index (χ0) is 8.91. The molecule has 0 amide bonds. The highest BCUT2D eigenvalue weighted by Crippen LogP contribution is 2.43. The Bertz CT molecular complexity index is 141. The van der Waals surface area contributed by atoms with Crippen LogP contribution in [0.5, 0.6) is 0 Å². The largest absolute Gasteiger partial charge is 0.328 e. The molecule has 0 rings (SSSR count). The summed E-state index contributed by atoms with van der Waals surface area (Å²) in [5.74, 6) is 0. The van der Waals surface area contributed by atoms with Crippen LogP contribution in [0.2, 0.25) is 0 Å². The van der Waals surface area contributed by atoms with Crippen LogP contribution in [0.15, 0.2) is 0 Å². The van der Waals surface area contributed by atoms with E-state index in [2.05, 4.69) is 6.92 Å². The van der Waals surface area contributed by atoms with E-state index in [0.717, 1.165) is 19.3 Å². The Hall–Kier alpha value is 0.150. The molecule has 0 aliphatic rings. The van der Waals surface area contributed by atoms with Crippen molar-refractivity contribution in [3.05, 3.63) is 0 Å². The lowest BCUT2D eigenvalue weighted by atomic mass is 10.2. The molecule has 3 nitrogen and oxygen atoms in total. The van der Waals surface area contributed by atoms with Crippen LogP contribution in [-0.2, 0) is 4.57 Å². The molecule has 0 radical (unpaired) electrons. The summed E-state index contributed by atoms with van der Waals surface area (Å²) in [6, 6.07) is 0. The van der Waals surface area contributed by atoms with Crippen LogP contribution < -0.4 is 0 Å². The van der Waals surface area contributed by atoms with Crippen molar-refractivity contribution in [3.63, 3.8) is 0 Å². The van der Waals surface area contributed by atoms with Gasteiger partial charge in [0.05, 0.1) is 5.66 Å². The highest BCUT2D eigenvalue weighted by Gasteiger charge is 2.22. The Morgan fingerprint density at radius 1 is 1.36 bits per heavy atom. The van der Waals surface area contributed by atoms with Gasteiger partial charge in [-0.25, -0.2) is 0 Å². The Labute approximate surface area is 68.0 Å². The van der Waals surface area contributed by atoms with E-state index in [1.54, 1.807) is 6.92 Å². The Kier molecular flexibility index (Phi) is 4.98. The van der Waals surface area contributed by atoms with Gasteiger partial charge in [-0.15, -0.1) is 0 Å². The van der Waals surface area contributed by atoms with Gasteiger partial charge < -0.3 is 9.79 Å². The summed E-state index contributed by atoms with van der Waals surface area (Å²) in [5, 5.41) is 0. The Balaban J connectivity index is 3.53. The minimum absolute atomic E-state index is 0.464. The summed E-state index contributed by atoms with van der Waals surface area (Å²) in [5.41, 5.74) is -0.464. The van der Waals surface area contributed by atoms with Gasteiger partial charge in [-0.05, 0) is 6.42 Å². The predicted molar refractivity (Wildman–Crippen MR) is 45.6 cm³/mol. The van der Waals surface area contributed by atoms with Crippen molar-refractivity contribution in [2.45, 2.75) is 45.2 Å². The molecule has 0 aliphatic carbocycles. The maximum Gasteiger partial charge on any atom is 0.328 e. The van der Waals surface area contributed by atoms with Crippen molar-refractivity contribution in [2.75, 3.05) is 0 Å². The molecule has 0 aromatic heterocycles. The monoisotopic (exact) mass is 180 g/mol. The molecule has 0 aliphatic heterocycles. The van der Waals surface area contributed by atoms with Gasteiger partial charge in [0.1, 0.15) is 0 Å². The second-order valence-corrected chi connectivity index (χ2v) is 4.99. The molecule has 11 heavy (non-hydrogen) atoms. The number of hydrogen-bond acceptors (Lipinski definition) is 1. The first-order valence-corrected chi connectivity index (χ1v) is 5.72. The van der Waals surface area contributed by atoms with Gasteiger partial charge in [-0.1, -0.05) is 33.1 Å². The Morgan fingerprint density at radius 2 is 1.91 bits per heavy atom. The van der Waals surface area contributed by atoms with Crippen molar-refractivity contribution in [2.24, 2.45) is 0 Å². The molecule has 0 heterocycles. The van der Waals surface area contributed by atoms with Gasteiger partial charge in [0.25, 0.3) is 0 Å². The van der Waals surface area contributed by atoms with Crippen LogP contribution in [0.1, 0.15) is 39.5 Å². The van der Waals surface area contributed by atoms with Crippen molar-refractivity contribution in [1.82, 2.24) is 0 Å². The molecule has 2 N–H and O–H groups in total. The molecular weight excluding hydrogens is 163 g/mol. The first kappa shape index (κ1) is 11.2. The first-order chi connectivity index (χ1) is 4.98. The van der Waals surface area contributed by atoms with E-state index in [-0.39, 0.29) is 0 Å². The third-order valence-corrected chi connectivity index (χ3v) is 3.21. The molecule has 0 saturated carbocycles. The van der Waals surface area contributed by atoms with E-state index in [9.17, 15) is 4.57 Å². The summed E-state index contributed by atoms with van der Waals surface area (Å²) >= 11 is 0. The molecular formula is C7H17O3P. The average Bonchev–Trinajstić information content (AvgIpc) is 1.86. The van der Waals surface area contributed by atoms with Gasteiger partial charge >= 0.3 is 7.60 Å². The summed E-state index contributed by atoms with van der Waals surface area (Å²) in [6.07, 6.45) is 3.71. The summed E-state index contributed by atoms with van der Waals surface area (Å²) in [7, 11) is -3.80. The van der Waals surface area contributed by atoms with Gasteiger partial charge in [-0.3, -0.25) is 4.57 Å². The minimum atomic E-state index is -3.80. The van der Waals surface area contributed by atoms with Crippen LogP contribution in [0.4, 0.5) is 0 Å². The SMILES string of the molecule is CCCCCC(C)P(=O)(O)O. The molecule has 0 spiro atoms. The van der Waals surface area contributed by atoms with E-state index in [0.29, 0.717) is 6.42 Å². The van der Waals surface area contributed by atoms with Crippen LogP contribution >= 0.6 is 7.60 Å². The van der Waals surface area contributed by atoms with Gasteiger partial charge in [0.2, 0.25) is 0 Å². The Morgan fingerprint density at radius 3 is 2.27 bits per heavy atom. The lowest BCUT2D eigenvalue weighted by Gasteiger charge is -2.11. The molecule has 68 valence electrons. The standard InChI is InChI=1S/C7H17O3P/c1-3-4-5-6-7(2)11(8,9)10/h7H,3-6H2,1-2H3,(H2,8,9,10). The third kappa shape index (κ3) is 5.42. The maximum absolute atomic E-state index is 10.6. The van der Waals surface area contributed by atoms with Crippen molar-refractivity contribution < 1.29 is 14.4 Å². The van der Waals surface area contributed by atoms with Crippen LogP contribution in [0.3, 0.4) is 0 Å². The fourth-order valence-electron chi connectivity index (χ4n) is 0.858. The summed E-state index contributed by atoms with van der Waals surface area (Å²) < 4.78 is 10.6. The fraction of sp³-hybridized carbons (Fsp3) is 1.00. The smallest absolute Gasteiger partial charge is 0.324 e. The average molecular weight is 180 g/mol. The lowest BCUT2D eigenvalue weighted by molar-refractivity contribution is 0.356. The molecule has 0 saturated heterocycles. The summed E-state index contributed by atoms with van der Waals surface area (Å²) in [6.45, 7) is 3.68. The first-order valence-electron chi connectivity index (χ1n) is 4.03. The lowest BCUT2D eigenvalue weighted by Crippen LogP contribution is -2.02. The third-order valence-electron chi connectivity index (χ3n) is 1.80. The van der Waals surface area contributed by atoms with E-state index < -0.39 is 13.3 Å². The molecule has 1 unspecified atom stereocenters. The number of hydrogen-bond donors (Lipinski definition) is 2. The fourth-order valence-corrected chi connectivity index (χ4v) is 1.38. The highest BCUT2D eigenvalue weighted by atomic mass is 31.2. The van der Waals surface area contributed by atoms with Gasteiger partial charge in [0, 0.05) is 0 Å². The minimum Gasteiger partial charge on any atom is -0.324 e. The second kappa shape index (κ2) is 4.91. The molecule has 0 fully saturated rings. The zero-order valence-electron chi connectivity index (χ0n) is 7.16. The molecule has 0 bridgehead atoms. The van der Waals surface area contributed by atoms with Gasteiger partial charge in [-0.2, -0.15) is 0 Å². The number of rotatable bonds is 5. The quantitative estimate of drug-likeness (QED) is 0.503. The normalized spacial score (nSPS) is 14.9. The molecule has 0 aromatic rings. The van der Waals surface area contributed by atoms with E-state index in [4.69, 9.17) is 9.79 Å².